The molecule has 4 nitrogen and oxygen atoms in total. The molecule has 0 saturated carbocycles. The largest absolute Gasteiger partial charge is 0.382 e. The molecular formula is C13H12ClN3O. The van der Waals surface area contributed by atoms with Gasteiger partial charge in [-0.15, -0.1) is 0 Å². The quantitative estimate of drug-likeness (QED) is 0.844. The minimum Gasteiger partial charge on any atom is -0.382 e. The summed E-state index contributed by atoms with van der Waals surface area (Å²) in [6, 6.07) is 6.79. The number of carbonyl (C=O) groups excluding carboxylic acids is 1. The van der Waals surface area contributed by atoms with Gasteiger partial charge in [-0.2, -0.15) is 0 Å². The topological polar surface area (TPSA) is 68.9 Å². The van der Waals surface area contributed by atoms with Gasteiger partial charge in [0.15, 0.2) is 11.5 Å². The number of hydrogen-bond acceptors (Lipinski definition) is 4. The van der Waals surface area contributed by atoms with E-state index in [1.807, 2.05) is 0 Å². The van der Waals surface area contributed by atoms with E-state index in [2.05, 4.69) is 9.97 Å². The number of halogens is 1. The van der Waals surface area contributed by atoms with Gasteiger partial charge < -0.3 is 5.73 Å². The number of aryl methyl sites for hydroxylation is 2. The molecule has 0 amide bonds. The zero-order chi connectivity index (χ0) is 13.3. The Kier molecular flexibility index (Phi) is 3.30. The van der Waals surface area contributed by atoms with Crippen LogP contribution in [-0.2, 0) is 0 Å². The maximum Gasteiger partial charge on any atom is 0.216 e. The van der Waals surface area contributed by atoms with E-state index in [-0.39, 0.29) is 17.3 Å². The Morgan fingerprint density at radius 1 is 1.17 bits per heavy atom. The van der Waals surface area contributed by atoms with Crippen molar-refractivity contribution < 1.29 is 4.79 Å². The molecule has 18 heavy (non-hydrogen) atoms. The molecule has 0 aliphatic carbocycles. The molecule has 0 unspecified atom stereocenters. The van der Waals surface area contributed by atoms with E-state index in [4.69, 9.17) is 17.3 Å². The molecule has 0 saturated heterocycles. The van der Waals surface area contributed by atoms with Crippen LogP contribution in [-0.4, -0.2) is 15.8 Å². The predicted molar refractivity (Wildman–Crippen MR) is 70.8 cm³/mol. The smallest absolute Gasteiger partial charge is 0.216 e. The van der Waals surface area contributed by atoms with Gasteiger partial charge in [0, 0.05) is 5.56 Å². The SMILES string of the molecule is Cc1nc(N)c(C(=O)c2ccccc2Cl)nc1C. The zero-order valence-corrected chi connectivity index (χ0v) is 10.8. The highest BCUT2D eigenvalue weighted by Gasteiger charge is 2.18. The van der Waals surface area contributed by atoms with Gasteiger partial charge in [-0.1, -0.05) is 23.7 Å². The van der Waals surface area contributed by atoms with Crippen LogP contribution in [0.4, 0.5) is 5.82 Å². The summed E-state index contributed by atoms with van der Waals surface area (Å²) in [5, 5.41) is 0.377. The Balaban J connectivity index is 2.53. The van der Waals surface area contributed by atoms with Gasteiger partial charge in [-0.05, 0) is 26.0 Å². The lowest BCUT2D eigenvalue weighted by Gasteiger charge is -2.07. The molecule has 1 aromatic heterocycles. The number of nitrogens with two attached hydrogens (primary N) is 1. The first-order chi connectivity index (χ1) is 8.50. The first-order valence-corrected chi connectivity index (χ1v) is 5.78. The third-order valence-corrected chi connectivity index (χ3v) is 3.00. The third kappa shape index (κ3) is 2.19. The number of anilines is 1. The monoisotopic (exact) mass is 261 g/mol. The minimum absolute atomic E-state index is 0.128. The van der Waals surface area contributed by atoms with Crippen LogP contribution < -0.4 is 5.73 Å². The summed E-state index contributed by atoms with van der Waals surface area (Å²) < 4.78 is 0. The molecule has 1 heterocycles. The highest BCUT2D eigenvalue weighted by molar-refractivity contribution is 6.35. The van der Waals surface area contributed by atoms with Crippen molar-refractivity contribution in [3.05, 3.63) is 51.9 Å². The number of aromatic nitrogens is 2. The van der Waals surface area contributed by atoms with Crippen molar-refractivity contribution in [2.24, 2.45) is 0 Å². The van der Waals surface area contributed by atoms with Crippen LogP contribution in [0.3, 0.4) is 0 Å². The average Bonchev–Trinajstić information content (AvgIpc) is 2.33. The van der Waals surface area contributed by atoms with Crippen molar-refractivity contribution in [1.29, 1.82) is 0 Å². The van der Waals surface area contributed by atoms with Crippen LogP contribution in [0, 0.1) is 13.8 Å². The van der Waals surface area contributed by atoms with Crippen molar-refractivity contribution in [3.8, 4) is 0 Å². The lowest BCUT2D eigenvalue weighted by Crippen LogP contribution is -2.12. The summed E-state index contributed by atoms with van der Waals surface area (Å²) in [6.07, 6.45) is 0. The summed E-state index contributed by atoms with van der Waals surface area (Å²) >= 11 is 5.98. The Hall–Kier alpha value is -1.94. The Bertz CT molecular complexity index is 626. The van der Waals surface area contributed by atoms with E-state index in [1.165, 1.54) is 0 Å². The Labute approximate surface area is 110 Å². The van der Waals surface area contributed by atoms with Gasteiger partial charge in [0.2, 0.25) is 5.78 Å². The highest BCUT2D eigenvalue weighted by atomic mass is 35.5. The Morgan fingerprint density at radius 3 is 2.44 bits per heavy atom. The second kappa shape index (κ2) is 4.74. The maximum atomic E-state index is 12.3. The zero-order valence-electron chi connectivity index (χ0n) is 10.1. The molecule has 1 aromatic carbocycles. The van der Waals surface area contributed by atoms with Crippen molar-refractivity contribution >= 4 is 23.2 Å². The van der Waals surface area contributed by atoms with Gasteiger partial charge in [-0.25, -0.2) is 9.97 Å². The molecule has 2 rings (SSSR count). The second-order valence-corrected chi connectivity index (χ2v) is 4.34. The third-order valence-electron chi connectivity index (χ3n) is 2.67. The molecule has 0 aliphatic heterocycles. The van der Waals surface area contributed by atoms with Gasteiger partial charge in [0.1, 0.15) is 0 Å². The standard InChI is InChI=1S/C13H12ClN3O/c1-7-8(2)17-13(15)11(16-7)12(18)9-5-3-4-6-10(9)14/h3-6H,1-2H3,(H2,15,17). The van der Waals surface area contributed by atoms with Crippen molar-refractivity contribution in [3.63, 3.8) is 0 Å². The normalized spacial score (nSPS) is 10.4. The van der Waals surface area contributed by atoms with Gasteiger partial charge >= 0.3 is 0 Å². The molecule has 5 heteroatoms. The van der Waals surface area contributed by atoms with Crippen molar-refractivity contribution in [2.45, 2.75) is 13.8 Å². The van der Waals surface area contributed by atoms with E-state index in [0.717, 1.165) is 0 Å². The molecule has 0 fully saturated rings. The molecule has 0 atom stereocenters. The van der Waals surface area contributed by atoms with Gasteiger partial charge in [-0.3, -0.25) is 4.79 Å². The van der Waals surface area contributed by atoms with E-state index < -0.39 is 0 Å². The molecule has 2 aromatic rings. The number of rotatable bonds is 2. The fourth-order valence-electron chi connectivity index (χ4n) is 1.56. The molecule has 0 bridgehead atoms. The van der Waals surface area contributed by atoms with Gasteiger partial charge in [0.05, 0.1) is 16.4 Å². The summed E-state index contributed by atoms with van der Waals surface area (Å²) in [5.74, 6) is -0.184. The number of ketones is 1. The summed E-state index contributed by atoms with van der Waals surface area (Å²) in [4.78, 5) is 20.6. The molecule has 0 radical (unpaired) electrons. The van der Waals surface area contributed by atoms with Crippen LogP contribution in [0.2, 0.25) is 5.02 Å². The summed E-state index contributed by atoms with van der Waals surface area (Å²) in [7, 11) is 0. The summed E-state index contributed by atoms with van der Waals surface area (Å²) in [5.41, 5.74) is 7.66. The van der Waals surface area contributed by atoms with E-state index in [0.29, 0.717) is 22.0 Å². The van der Waals surface area contributed by atoms with Gasteiger partial charge in [0.25, 0.3) is 0 Å². The maximum absolute atomic E-state index is 12.3. The molecular weight excluding hydrogens is 250 g/mol. The number of hydrogen-bond donors (Lipinski definition) is 1. The first kappa shape index (κ1) is 12.5. The van der Waals surface area contributed by atoms with Crippen LogP contribution in [0.1, 0.15) is 27.4 Å². The van der Waals surface area contributed by atoms with Crippen molar-refractivity contribution in [2.75, 3.05) is 5.73 Å². The lowest BCUT2D eigenvalue weighted by molar-refractivity contribution is 0.103. The van der Waals surface area contributed by atoms with Crippen LogP contribution in [0.15, 0.2) is 24.3 Å². The number of carbonyl (C=O) groups is 1. The number of benzene rings is 1. The molecule has 92 valence electrons. The summed E-state index contributed by atoms with van der Waals surface area (Å²) in [6.45, 7) is 3.58. The Morgan fingerprint density at radius 2 is 1.78 bits per heavy atom. The fourth-order valence-corrected chi connectivity index (χ4v) is 1.78. The van der Waals surface area contributed by atoms with Crippen LogP contribution >= 0.6 is 11.6 Å². The molecule has 0 aliphatic rings. The highest BCUT2D eigenvalue weighted by Crippen LogP contribution is 2.20. The first-order valence-electron chi connectivity index (χ1n) is 5.40. The minimum atomic E-state index is -0.311. The lowest BCUT2D eigenvalue weighted by atomic mass is 10.1. The number of nitrogen functional groups attached to an aromatic ring is 1. The average molecular weight is 262 g/mol. The molecule has 2 N–H and O–H groups in total. The molecule has 0 spiro atoms. The van der Waals surface area contributed by atoms with Crippen LogP contribution in [0.5, 0.6) is 0 Å². The number of nitrogens with zero attached hydrogens (tertiary/aromatic N) is 2. The van der Waals surface area contributed by atoms with E-state index in [1.54, 1.807) is 38.1 Å². The van der Waals surface area contributed by atoms with Crippen LogP contribution in [0.25, 0.3) is 0 Å². The second-order valence-electron chi connectivity index (χ2n) is 3.94. The fraction of sp³-hybridized carbons (Fsp3) is 0.154. The van der Waals surface area contributed by atoms with E-state index in [9.17, 15) is 4.79 Å². The van der Waals surface area contributed by atoms with E-state index >= 15 is 0 Å². The predicted octanol–water partition coefficient (Wildman–Crippen LogP) is 2.56. The van der Waals surface area contributed by atoms with Crippen molar-refractivity contribution in [1.82, 2.24) is 9.97 Å².